The number of imide groups is 1. The largest absolute Gasteiger partial charge is 0.417 e. The molecule has 3 heterocycles. The van der Waals surface area contributed by atoms with Gasteiger partial charge < -0.3 is 19.7 Å². The fourth-order valence-corrected chi connectivity index (χ4v) is 6.05. The third kappa shape index (κ3) is 2.78. The van der Waals surface area contributed by atoms with Crippen molar-refractivity contribution in [2.45, 2.75) is 56.3 Å². The van der Waals surface area contributed by atoms with Crippen LogP contribution in [0.2, 0.25) is 0 Å². The third-order valence-corrected chi connectivity index (χ3v) is 7.44. The molecule has 2 bridgehead atoms. The number of amides is 2. The maximum Gasteiger partial charge on any atom is 0.417 e. The number of carbonyl (C=O) groups excluding carboxylic acids is 2. The van der Waals surface area contributed by atoms with Crippen LogP contribution in [-0.2, 0) is 25.2 Å². The number of fused-ring (bicyclic) bond motifs is 5. The number of hydrogen-bond acceptors (Lipinski definition) is 7. The molecule has 0 aliphatic carbocycles. The summed E-state index contributed by atoms with van der Waals surface area (Å²) in [6.45, 7) is 4.24. The van der Waals surface area contributed by atoms with Crippen LogP contribution in [0.4, 0.5) is 18.9 Å². The summed E-state index contributed by atoms with van der Waals surface area (Å²) in [6, 6.07) is 4.10. The summed E-state index contributed by atoms with van der Waals surface area (Å²) in [4.78, 5) is 27.6. The third-order valence-electron chi connectivity index (χ3n) is 7.44. The highest BCUT2D eigenvalue weighted by Gasteiger charge is 2.84. The number of hydrogen-bond donors (Lipinski definition) is 2. The van der Waals surface area contributed by atoms with Crippen molar-refractivity contribution in [3.05, 3.63) is 29.3 Å². The number of aliphatic hydroxyl groups is 2. The zero-order valence-corrected chi connectivity index (χ0v) is 18.1. The highest BCUT2D eigenvalue weighted by molar-refractivity contribution is 6.23. The Morgan fingerprint density at radius 1 is 1.24 bits per heavy atom. The normalized spacial score (nSPS) is 37.5. The van der Waals surface area contributed by atoms with Crippen LogP contribution in [-0.4, -0.2) is 58.1 Å². The predicted octanol–water partition coefficient (Wildman–Crippen LogP) is 1.76. The van der Waals surface area contributed by atoms with Crippen LogP contribution in [0.1, 0.15) is 38.3 Å². The lowest BCUT2D eigenvalue weighted by Crippen LogP contribution is -2.67. The Balaban J connectivity index is 1.82. The van der Waals surface area contributed by atoms with Gasteiger partial charge in [0.05, 0.1) is 47.9 Å². The van der Waals surface area contributed by atoms with E-state index in [4.69, 9.17) is 14.7 Å². The molecule has 0 spiro atoms. The van der Waals surface area contributed by atoms with E-state index in [-0.39, 0.29) is 25.3 Å². The Morgan fingerprint density at radius 2 is 1.88 bits per heavy atom. The first-order chi connectivity index (χ1) is 15.3. The van der Waals surface area contributed by atoms with Gasteiger partial charge in [-0.1, -0.05) is 6.92 Å². The lowest BCUT2D eigenvalue weighted by atomic mass is 9.59. The molecule has 3 aliphatic rings. The average Bonchev–Trinajstić information content (AvgIpc) is 3.24. The van der Waals surface area contributed by atoms with Gasteiger partial charge in [-0.25, -0.2) is 4.90 Å². The number of ether oxygens (including phenoxy) is 2. The second-order valence-electron chi connectivity index (χ2n) is 8.92. The number of anilines is 1. The fraction of sp³-hybridized carbons (Fsp3) is 0.591. The van der Waals surface area contributed by atoms with Gasteiger partial charge in [0.1, 0.15) is 22.9 Å². The van der Waals surface area contributed by atoms with Crippen molar-refractivity contribution in [1.82, 2.24) is 0 Å². The Morgan fingerprint density at radius 3 is 2.42 bits per heavy atom. The van der Waals surface area contributed by atoms with Crippen molar-refractivity contribution >= 4 is 17.5 Å². The van der Waals surface area contributed by atoms with Gasteiger partial charge in [0.15, 0.2) is 0 Å². The van der Waals surface area contributed by atoms with E-state index in [1.54, 1.807) is 13.8 Å². The number of carbonyl (C=O) groups is 2. The first-order valence-corrected chi connectivity index (χ1v) is 10.5. The number of benzene rings is 1. The number of rotatable bonds is 5. The molecule has 2 N–H and O–H groups in total. The molecule has 11 heteroatoms. The number of nitrogens with zero attached hydrogens (tertiary/aromatic N) is 2. The van der Waals surface area contributed by atoms with Gasteiger partial charge >= 0.3 is 6.18 Å². The summed E-state index contributed by atoms with van der Waals surface area (Å²) < 4.78 is 52.4. The molecule has 1 aromatic carbocycles. The minimum atomic E-state index is -4.87. The van der Waals surface area contributed by atoms with Gasteiger partial charge in [-0.15, -0.1) is 0 Å². The summed E-state index contributed by atoms with van der Waals surface area (Å²) in [5.41, 5.74) is -6.64. The topological polar surface area (TPSA) is 120 Å². The fourth-order valence-electron chi connectivity index (χ4n) is 6.05. The molecular weight excluding hydrogens is 445 g/mol. The van der Waals surface area contributed by atoms with E-state index in [0.717, 1.165) is 12.1 Å². The summed E-state index contributed by atoms with van der Waals surface area (Å²) in [6.07, 6.45) is -6.01. The smallest absolute Gasteiger partial charge is 0.394 e. The monoisotopic (exact) mass is 468 g/mol. The van der Waals surface area contributed by atoms with Crippen molar-refractivity contribution in [1.29, 1.82) is 5.26 Å². The minimum absolute atomic E-state index is 0.145. The molecule has 178 valence electrons. The number of alkyl halides is 3. The van der Waals surface area contributed by atoms with Crippen molar-refractivity contribution < 1.29 is 42.4 Å². The Hall–Kier alpha value is -2.52. The Bertz CT molecular complexity index is 1070. The van der Waals surface area contributed by atoms with Crippen molar-refractivity contribution in [2.24, 2.45) is 11.8 Å². The summed E-state index contributed by atoms with van der Waals surface area (Å²) in [5.74, 6) is -3.83. The standard InChI is InChI=1S/C22H23F3N2O6/c1-4-21(32-8-7-28)18(31)19(2)14-15(20(21,3)33-19)17(30)27(16(14)29)12-6-5-11(10-26)13(9-12)22(23,24)25/h5-6,9,14-15,18,28,31H,4,7-8H2,1-3H3/t14-,15+,18+,19?,20?,21?/m1/s1. The molecule has 3 fully saturated rings. The van der Waals surface area contributed by atoms with E-state index in [9.17, 15) is 33.0 Å². The predicted molar refractivity (Wildman–Crippen MR) is 106 cm³/mol. The van der Waals surface area contributed by atoms with E-state index in [1.807, 2.05) is 0 Å². The van der Waals surface area contributed by atoms with E-state index in [1.165, 1.54) is 13.0 Å². The summed E-state index contributed by atoms with van der Waals surface area (Å²) >= 11 is 0. The molecule has 0 saturated carbocycles. The SMILES string of the molecule is CCC1(OCCO)[C@@H](O)C2(C)OC1(C)[C@@H]1C(=O)N(c3ccc(C#N)c(C(F)(F)F)c3)C(=O)[C@@H]12. The van der Waals surface area contributed by atoms with Crippen LogP contribution in [0.3, 0.4) is 0 Å². The Kier molecular flexibility index (Phi) is 5.18. The van der Waals surface area contributed by atoms with Gasteiger partial charge in [-0.05, 0) is 38.5 Å². The van der Waals surface area contributed by atoms with Crippen LogP contribution < -0.4 is 4.90 Å². The summed E-state index contributed by atoms with van der Waals surface area (Å²) in [5, 5.41) is 29.5. The van der Waals surface area contributed by atoms with Crippen molar-refractivity contribution in [3.63, 3.8) is 0 Å². The van der Waals surface area contributed by atoms with Crippen LogP contribution >= 0.6 is 0 Å². The lowest BCUT2D eigenvalue weighted by Gasteiger charge is -2.48. The molecule has 2 amide bonds. The molecule has 1 aromatic rings. The second kappa shape index (κ2) is 7.24. The number of halogens is 3. The lowest BCUT2D eigenvalue weighted by molar-refractivity contribution is -0.194. The first kappa shape index (κ1) is 23.6. The van der Waals surface area contributed by atoms with Crippen LogP contribution in [0, 0.1) is 23.2 Å². The van der Waals surface area contributed by atoms with Crippen LogP contribution in [0.25, 0.3) is 0 Å². The van der Waals surface area contributed by atoms with Gasteiger partial charge in [0.25, 0.3) is 0 Å². The van der Waals surface area contributed by atoms with E-state index in [0.29, 0.717) is 11.0 Å². The quantitative estimate of drug-likeness (QED) is 0.632. The van der Waals surface area contributed by atoms with E-state index < -0.39 is 63.9 Å². The zero-order chi connectivity index (χ0) is 24.6. The average molecular weight is 468 g/mol. The van der Waals surface area contributed by atoms with Crippen molar-refractivity contribution in [3.8, 4) is 6.07 Å². The molecule has 0 aromatic heterocycles. The molecule has 8 nitrogen and oxygen atoms in total. The van der Waals surface area contributed by atoms with Crippen LogP contribution in [0.15, 0.2) is 18.2 Å². The number of nitriles is 1. The molecule has 3 unspecified atom stereocenters. The second-order valence-corrected chi connectivity index (χ2v) is 8.92. The Labute approximate surface area is 187 Å². The molecule has 3 aliphatic heterocycles. The first-order valence-electron chi connectivity index (χ1n) is 10.5. The van der Waals surface area contributed by atoms with Crippen molar-refractivity contribution in [2.75, 3.05) is 18.1 Å². The molecule has 3 saturated heterocycles. The minimum Gasteiger partial charge on any atom is -0.394 e. The molecule has 4 rings (SSSR count). The van der Waals surface area contributed by atoms with E-state index in [2.05, 4.69) is 0 Å². The van der Waals surface area contributed by atoms with Gasteiger partial charge in [0, 0.05) is 0 Å². The maximum atomic E-state index is 13.5. The molecule has 0 radical (unpaired) electrons. The summed E-state index contributed by atoms with van der Waals surface area (Å²) in [7, 11) is 0. The number of aliphatic hydroxyl groups excluding tert-OH is 2. The molecular formula is C22H23F3N2O6. The van der Waals surface area contributed by atoms with Gasteiger partial charge in [-0.3, -0.25) is 9.59 Å². The molecule has 33 heavy (non-hydrogen) atoms. The zero-order valence-electron chi connectivity index (χ0n) is 18.1. The van der Waals surface area contributed by atoms with Crippen LogP contribution in [0.5, 0.6) is 0 Å². The molecule has 6 atom stereocenters. The van der Waals surface area contributed by atoms with E-state index >= 15 is 0 Å². The highest BCUT2D eigenvalue weighted by Crippen LogP contribution is 2.66. The highest BCUT2D eigenvalue weighted by atomic mass is 19.4. The maximum absolute atomic E-state index is 13.5. The van der Waals surface area contributed by atoms with Gasteiger partial charge in [-0.2, -0.15) is 18.4 Å². The van der Waals surface area contributed by atoms with Gasteiger partial charge in [0.2, 0.25) is 11.8 Å².